The summed E-state index contributed by atoms with van der Waals surface area (Å²) in [6.45, 7) is 0. The topological polar surface area (TPSA) is 0 Å². The van der Waals surface area contributed by atoms with Gasteiger partial charge in [0.25, 0.3) is 0 Å². The molecule has 0 unspecified atom stereocenters. The monoisotopic (exact) mass is 329 g/mol. The lowest BCUT2D eigenvalue weighted by Gasteiger charge is -2.22. The van der Waals surface area contributed by atoms with E-state index in [2.05, 4.69) is 42.8 Å². The van der Waals surface area contributed by atoms with Crippen LogP contribution in [0.1, 0.15) is 98.3 Å². The minimum absolute atomic E-state index is 0.800. The van der Waals surface area contributed by atoms with Crippen LogP contribution in [0.3, 0.4) is 0 Å². The molecule has 0 spiro atoms. The van der Waals surface area contributed by atoms with Gasteiger partial charge in [0.05, 0.1) is 0 Å². The Bertz CT molecular complexity index is 692. The van der Waals surface area contributed by atoms with Crippen molar-refractivity contribution in [3.8, 4) is 11.1 Å². The second-order valence-corrected chi connectivity index (χ2v) is 8.51. The molecule has 2 aromatic carbocycles. The van der Waals surface area contributed by atoms with E-state index in [-0.39, 0.29) is 0 Å². The van der Waals surface area contributed by atoms with E-state index >= 15 is 0 Å². The third-order valence-electron chi connectivity index (χ3n) is 6.91. The minimum atomic E-state index is 0.800. The summed E-state index contributed by atoms with van der Waals surface area (Å²) in [5.74, 6) is 1.60. The molecular formula is C25H29. The van der Waals surface area contributed by atoms with Crippen LogP contribution in [0.4, 0.5) is 0 Å². The van der Waals surface area contributed by atoms with Crippen molar-refractivity contribution in [2.24, 2.45) is 0 Å². The van der Waals surface area contributed by atoms with Gasteiger partial charge in [-0.15, -0.1) is 0 Å². The van der Waals surface area contributed by atoms with E-state index in [0.717, 1.165) is 11.8 Å². The molecule has 0 heteroatoms. The number of fused-ring (bicyclic) bond motifs is 3. The van der Waals surface area contributed by atoms with E-state index in [4.69, 9.17) is 0 Å². The lowest BCUT2D eigenvalue weighted by molar-refractivity contribution is 0.443. The Hall–Kier alpha value is -1.56. The van der Waals surface area contributed by atoms with Gasteiger partial charge >= 0.3 is 0 Å². The Morgan fingerprint density at radius 1 is 0.520 bits per heavy atom. The van der Waals surface area contributed by atoms with E-state index in [1.807, 2.05) is 0 Å². The van der Waals surface area contributed by atoms with Crippen LogP contribution in [0.15, 0.2) is 36.4 Å². The van der Waals surface area contributed by atoms with Crippen molar-refractivity contribution in [1.82, 2.24) is 0 Å². The highest BCUT2D eigenvalue weighted by molar-refractivity contribution is 5.81. The molecule has 0 nitrogen and oxygen atoms in total. The Labute approximate surface area is 152 Å². The highest BCUT2D eigenvalue weighted by Gasteiger charge is 2.24. The van der Waals surface area contributed by atoms with Crippen LogP contribution < -0.4 is 0 Å². The van der Waals surface area contributed by atoms with Crippen molar-refractivity contribution in [3.05, 3.63) is 65.1 Å². The van der Waals surface area contributed by atoms with Gasteiger partial charge in [-0.25, -0.2) is 0 Å². The summed E-state index contributed by atoms with van der Waals surface area (Å²) in [6, 6.07) is 14.6. The Balaban J connectivity index is 1.42. The number of benzene rings is 2. The molecule has 2 saturated carbocycles. The van der Waals surface area contributed by atoms with Crippen LogP contribution in [0.25, 0.3) is 11.1 Å². The van der Waals surface area contributed by atoms with E-state index in [1.165, 1.54) is 86.5 Å². The molecule has 0 saturated heterocycles. The van der Waals surface area contributed by atoms with Gasteiger partial charge in [0.1, 0.15) is 0 Å². The SMILES string of the molecule is [CH]1c2cc(C3CCCCC3)ccc2-c2ccc(C3CCCCC3)cc21. The van der Waals surface area contributed by atoms with Crippen molar-refractivity contribution in [2.75, 3.05) is 0 Å². The molecular weight excluding hydrogens is 300 g/mol. The van der Waals surface area contributed by atoms with Crippen LogP contribution in [-0.4, -0.2) is 0 Å². The Morgan fingerprint density at radius 2 is 0.960 bits per heavy atom. The second-order valence-electron chi connectivity index (χ2n) is 8.51. The molecule has 3 aliphatic rings. The summed E-state index contributed by atoms with van der Waals surface area (Å²) in [4.78, 5) is 0. The fraction of sp³-hybridized carbons (Fsp3) is 0.480. The maximum absolute atomic E-state index is 2.49. The lowest BCUT2D eigenvalue weighted by Crippen LogP contribution is -2.04. The molecule has 129 valence electrons. The first kappa shape index (κ1) is 15.7. The molecule has 0 N–H and O–H groups in total. The zero-order valence-corrected chi connectivity index (χ0v) is 15.3. The number of rotatable bonds is 2. The fourth-order valence-corrected chi connectivity index (χ4v) is 5.44. The number of hydrogen-bond donors (Lipinski definition) is 0. The molecule has 1 radical (unpaired) electrons. The summed E-state index contributed by atoms with van der Waals surface area (Å²) in [7, 11) is 0. The van der Waals surface area contributed by atoms with Crippen molar-refractivity contribution >= 4 is 0 Å². The largest absolute Gasteiger partial charge is 0.0581 e. The normalized spacial score (nSPS) is 21.1. The minimum Gasteiger partial charge on any atom is -0.0581 e. The molecule has 0 aromatic heterocycles. The van der Waals surface area contributed by atoms with Gasteiger partial charge < -0.3 is 0 Å². The van der Waals surface area contributed by atoms with Crippen LogP contribution >= 0.6 is 0 Å². The molecule has 0 atom stereocenters. The fourth-order valence-electron chi connectivity index (χ4n) is 5.44. The molecule has 2 aromatic rings. The van der Waals surface area contributed by atoms with Gasteiger partial charge in [-0.2, -0.15) is 0 Å². The first-order valence-corrected chi connectivity index (χ1v) is 10.5. The van der Waals surface area contributed by atoms with Crippen molar-refractivity contribution in [1.29, 1.82) is 0 Å². The van der Waals surface area contributed by atoms with Gasteiger partial charge in [0.2, 0.25) is 0 Å². The van der Waals surface area contributed by atoms with Crippen molar-refractivity contribution < 1.29 is 0 Å². The zero-order chi connectivity index (χ0) is 16.6. The third-order valence-corrected chi connectivity index (χ3v) is 6.91. The Morgan fingerprint density at radius 3 is 1.40 bits per heavy atom. The predicted octanol–water partition coefficient (Wildman–Crippen LogP) is 7.36. The molecule has 0 amide bonds. The molecule has 0 heterocycles. The predicted molar refractivity (Wildman–Crippen MR) is 106 cm³/mol. The molecule has 5 rings (SSSR count). The summed E-state index contributed by atoms with van der Waals surface area (Å²) >= 11 is 0. The highest BCUT2D eigenvalue weighted by atomic mass is 14.3. The van der Waals surface area contributed by atoms with Crippen LogP contribution in [0.2, 0.25) is 0 Å². The quantitative estimate of drug-likeness (QED) is 0.460. The summed E-state index contributed by atoms with van der Waals surface area (Å²) in [5, 5.41) is 0. The zero-order valence-electron chi connectivity index (χ0n) is 15.3. The van der Waals surface area contributed by atoms with Crippen LogP contribution in [-0.2, 0) is 0 Å². The average molecular weight is 330 g/mol. The highest BCUT2D eigenvalue weighted by Crippen LogP contribution is 2.43. The molecule has 0 bridgehead atoms. The summed E-state index contributed by atoms with van der Waals surface area (Å²) in [6.07, 6.45) is 16.5. The van der Waals surface area contributed by atoms with E-state index in [9.17, 15) is 0 Å². The van der Waals surface area contributed by atoms with E-state index in [0.29, 0.717) is 0 Å². The first-order valence-electron chi connectivity index (χ1n) is 10.5. The van der Waals surface area contributed by atoms with Crippen LogP contribution in [0, 0.1) is 6.42 Å². The molecule has 2 fully saturated rings. The summed E-state index contributed by atoms with van der Waals surface area (Å²) in [5.41, 5.74) is 8.97. The van der Waals surface area contributed by atoms with Gasteiger partial charge in [-0.1, -0.05) is 74.9 Å². The van der Waals surface area contributed by atoms with E-state index in [1.54, 1.807) is 11.1 Å². The number of hydrogen-bond acceptors (Lipinski definition) is 0. The Kier molecular flexibility index (Phi) is 4.16. The van der Waals surface area contributed by atoms with E-state index < -0.39 is 0 Å². The first-order chi connectivity index (χ1) is 12.4. The maximum atomic E-state index is 2.49. The van der Waals surface area contributed by atoms with Gasteiger partial charge in [-0.05, 0) is 70.9 Å². The van der Waals surface area contributed by atoms with Gasteiger partial charge in [0.15, 0.2) is 0 Å². The standard InChI is InChI=1S/C25H29/c1-3-7-18(8-4-1)20-11-13-24-22(15-20)17-23-16-21(12-14-25(23)24)19-9-5-2-6-10-19/h11-19H,1-10H2. The third kappa shape index (κ3) is 2.94. The maximum Gasteiger partial charge on any atom is 0.0212 e. The van der Waals surface area contributed by atoms with Crippen molar-refractivity contribution in [2.45, 2.75) is 76.0 Å². The smallest absolute Gasteiger partial charge is 0.0212 e. The molecule has 3 aliphatic carbocycles. The lowest BCUT2D eigenvalue weighted by atomic mass is 9.83. The van der Waals surface area contributed by atoms with Gasteiger partial charge in [0, 0.05) is 6.42 Å². The van der Waals surface area contributed by atoms with Crippen LogP contribution in [0.5, 0.6) is 0 Å². The van der Waals surface area contributed by atoms with Crippen molar-refractivity contribution in [3.63, 3.8) is 0 Å². The second kappa shape index (κ2) is 6.63. The molecule has 0 aliphatic heterocycles. The average Bonchev–Trinajstić information content (AvgIpc) is 3.06. The summed E-state index contributed by atoms with van der Waals surface area (Å²) < 4.78 is 0. The van der Waals surface area contributed by atoms with Gasteiger partial charge in [-0.3, -0.25) is 0 Å². The molecule has 25 heavy (non-hydrogen) atoms.